The SMILES string of the molecule is CSCCC(NC(=O)c1ccccc1Br)C(=O)NC(C)c1ccc2c(c1)CCCC2. The highest BCUT2D eigenvalue weighted by Gasteiger charge is 2.24. The molecule has 0 aliphatic heterocycles. The van der Waals surface area contributed by atoms with E-state index in [1.54, 1.807) is 17.8 Å². The Bertz CT molecular complexity index is 903. The third-order valence-electron chi connectivity index (χ3n) is 5.58. The number of thioether (sulfide) groups is 1. The quantitative estimate of drug-likeness (QED) is 0.545. The summed E-state index contributed by atoms with van der Waals surface area (Å²) < 4.78 is 0.717. The summed E-state index contributed by atoms with van der Waals surface area (Å²) in [4.78, 5) is 25.8. The molecule has 0 aromatic heterocycles. The topological polar surface area (TPSA) is 58.2 Å². The largest absolute Gasteiger partial charge is 0.348 e. The molecule has 2 atom stereocenters. The van der Waals surface area contributed by atoms with E-state index in [0.717, 1.165) is 24.2 Å². The van der Waals surface area contributed by atoms with E-state index < -0.39 is 6.04 Å². The predicted molar refractivity (Wildman–Crippen MR) is 128 cm³/mol. The molecule has 0 saturated heterocycles. The highest BCUT2D eigenvalue weighted by Crippen LogP contribution is 2.25. The molecule has 0 fully saturated rings. The normalized spacial score (nSPS) is 15.0. The number of carbonyl (C=O) groups excluding carboxylic acids is 2. The van der Waals surface area contributed by atoms with Gasteiger partial charge in [-0.25, -0.2) is 0 Å². The Morgan fingerprint density at radius 2 is 1.80 bits per heavy atom. The Labute approximate surface area is 191 Å². The van der Waals surface area contributed by atoms with Crippen molar-refractivity contribution in [3.05, 3.63) is 69.2 Å². The summed E-state index contributed by atoms with van der Waals surface area (Å²) >= 11 is 5.08. The molecule has 0 radical (unpaired) electrons. The van der Waals surface area contributed by atoms with Crippen molar-refractivity contribution in [2.45, 2.75) is 51.1 Å². The second-order valence-electron chi connectivity index (χ2n) is 7.75. The molecule has 0 spiro atoms. The Morgan fingerprint density at radius 1 is 1.07 bits per heavy atom. The number of halogens is 1. The third kappa shape index (κ3) is 5.88. The number of hydrogen-bond donors (Lipinski definition) is 2. The molecular formula is C24H29BrN2O2S. The van der Waals surface area contributed by atoms with Crippen LogP contribution < -0.4 is 10.6 Å². The molecule has 3 rings (SSSR count). The van der Waals surface area contributed by atoms with E-state index in [9.17, 15) is 9.59 Å². The van der Waals surface area contributed by atoms with E-state index >= 15 is 0 Å². The van der Waals surface area contributed by atoms with E-state index in [-0.39, 0.29) is 17.9 Å². The standard InChI is InChI=1S/C24H29BrN2O2S/c1-16(18-12-11-17-7-3-4-8-19(17)15-18)26-24(29)22(13-14-30-2)27-23(28)20-9-5-6-10-21(20)25/h5-6,9-12,15-16,22H,3-4,7-8,13-14H2,1-2H3,(H,26,29)(H,27,28). The zero-order valence-electron chi connectivity index (χ0n) is 17.5. The minimum absolute atomic E-state index is 0.109. The van der Waals surface area contributed by atoms with Gasteiger partial charge in [0.1, 0.15) is 6.04 Å². The molecule has 4 nitrogen and oxygen atoms in total. The second-order valence-corrected chi connectivity index (χ2v) is 9.59. The summed E-state index contributed by atoms with van der Waals surface area (Å²) in [6, 6.07) is 13.1. The van der Waals surface area contributed by atoms with Gasteiger partial charge in [0.15, 0.2) is 0 Å². The molecule has 0 bridgehead atoms. The first kappa shape index (κ1) is 22.9. The Hall–Kier alpha value is -1.79. The molecule has 2 amide bonds. The minimum Gasteiger partial charge on any atom is -0.348 e. The maximum absolute atomic E-state index is 13.0. The first-order chi connectivity index (χ1) is 14.5. The van der Waals surface area contributed by atoms with Crippen molar-refractivity contribution in [2.75, 3.05) is 12.0 Å². The fourth-order valence-corrected chi connectivity index (χ4v) is 4.74. The lowest BCUT2D eigenvalue weighted by Gasteiger charge is -2.23. The first-order valence-electron chi connectivity index (χ1n) is 10.5. The van der Waals surface area contributed by atoms with E-state index in [4.69, 9.17) is 0 Å². The molecule has 1 aliphatic carbocycles. The molecule has 2 unspecified atom stereocenters. The average molecular weight is 489 g/mol. The molecule has 2 aromatic rings. The van der Waals surface area contributed by atoms with E-state index in [2.05, 4.69) is 44.8 Å². The van der Waals surface area contributed by atoms with Gasteiger partial charge in [-0.1, -0.05) is 30.3 Å². The minimum atomic E-state index is -0.572. The Balaban J connectivity index is 1.68. The number of rotatable bonds is 8. The second kappa shape index (κ2) is 11.0. The number of fused-ring (bicyclic) bond motifs is 1. The van der Waals surface area contributed by atoms with Crippen molar-refractivity contribution in [1.82, 2.24) is 10.6 Å². The zero-order chi connectivity index (χ0) is 21.5. The lowest BCUT2D eigenvalue weighted by atomic mass is 9.89. The van der Waals surface area contributed by atoms with Gasteiger partial charge in [-0.2, -0.15) is 11.8 Å². The van der Waals surface area contributed by atoms with Gasteiger partial charge in [0.25, 0.3) is 5.91 Å². The van der Waals surface area contributed by atoms with Crippen molar-refractivity contribution in [3.8, 4) is 0 Å². The van der Waals surface area contributed by atoms with Crippen LogP contribution in [-0.4, -0.2) is 29.9 Å². The molecule has 6 heteroatoms. The smallest absolute Gasteiger partial charge is 0.253 e. The lowest BCUT2D eigenvalue weighted by molar-refractivity contribution is -0.123. The lowest BCUT2D eigenvalue weighted by Crippen LogP contribution is -2.47. The third-order valence-corrected chi connectivity index (χ3v) is 6.92. The van der Waals surface area contributed by atoms with Crippen LogP contribution in [-0.2, 0) is 17.6 Å². The van der Waals surface area contributed by atoms with Crippen LogP contribution in [0.1, 0.15) is 59.3 Å². The van der Waals surface area contributed by atoms with Gasteiger partial charge in [-0.05, 0) is 95.8 Å². The van der Waals surface area contributed by atoms with Crippen LogP contribution in [0.25, 0.3) is 0 Å². The van der Waals surface area contributed by atoms with Crippen molar-refractivity contribution >= 4 is 39.5 Å². The van der Waals surface area contributed by atoms with Gasteiger partial charge < -0.3 is 10.6 Å². The fourth-order valence-electron chi connectivity index (χ4n) is 3.81. The van der Waals surface area contributed by atoms with Gasteiger partial charge in [0.2, 0.25) is 5.91 Å². The van der Waals surface area contributed by atoms with Gasteiger partial charge in [0.05, 0.1) is 11.6 Å². The Morgan fingerprint density at radius 3 is 2.53 bits per heavy atom. The van der Waals surface area contributed by atoms with E-state index in [1.165, 1.54) is 24.0 Å². The van der Waals surface area contributed by atoms with Crippen molar-refractivity contribution in [3.63, 3.8) is 0 Å². The van der Waals surface area contributed by atoms with Crippen molar-refractivity contribution in [2.24, 2.45) is 0 Å². The van der Waals surface area contributed by atoms with Crippen LogP contribution in [0.15, 0.2) is 46.9 Å². The Kier molecular flexibility index (Phi) is 8.40. The van der Waals surface area contributed by atoms with Crippen LogP contribution in [0.2, 0.25) is 0 Å². The van der Waals surface area contributed by atoms with E-state index in [0.29, 0.717) is 16.5 Å². The zero-order valence-corrected chi connectivity index (χ0v) is 19.9. The van der Waals surface area contributed by atoms with Crippen LogP contribution in [0, 0.1) is 0 Å². The van der Waals surface area contributed by atoms with Crippen molar-refractivity contribution in [1.29, 1.82) is 0 Å². The number of hydrogen-bond acceptors (Lipinski definition) is 3. The number of benzene rings is 2. The van der Waals surface area contributed by atoms with Gasteiger partial charge in [-0.15, -0.1) is 0 Å². The average Bonchev–Trinajstić information content (AvgIpc) is 2.76. The number of nitrogens with one attached hydrogen (secondary N) is 2. The highest BCUT2D eigenvalue weighted by molar-refractivity contribution is 9.10. The molecule has 30 heavy (non-hydrogen) atoms. The van der Waals surface area contributed by atoms with Gasteiger partial charge >= 0.3 is 0 Å². The van der Waals surface area contributed by atoms with Crippen molar-refractivity contribution < 1.29 is 9.59 Å². The first-order valence-corrected chi connectivity index (χ1v) is 12.6. The molecule has 160 valence electrons. The summed E-state index contributed by atoms with van der Waals surface area (Å²) in [5.41, 5.74) is 4.48. The van der Waals surface area contributed by atoms with Crippen LogP contribution >= 0.6 is 27.7 Å². The summed E-state index contributed by atoms with van der Waals surface area (Å²) in [6.45, 7) is 2.00. The summed E-state index contributed by atoms with van der Waals surface area (Å²) in [7, 11) is 0. The van der Waals surface area contributed by atoms with Crippen LogP contribution in [0.3, 0.4) is 0 Å². The molecular weight excluding hydrogens is 460 g/mol. The maximum atomic E-state index is 13.0. The van der Waals surface area contributed by atoms with Gasteiger partial charge in [0, 0.05) is 4.47 Å². The molecule has 0 heterocycles. The van der Waals surface area contributed by atoms with Gasteiger partial charge in [-0.3, -0.25) is 9.59 Å². The number of carbonyl (C=O) groups is 2. The highest BCUT2D eigenvalue weighted by atomic mass is 79.9. The van der Waals surface area contributed by atoms with Crippen LogP contribution in [0.5, 0.6) is 0 Å². The predicted octanol–water partition coefficient (Wildman–Crippen LogP) is 5.06. The fraction of sp³-hybridized carbons (Fsp3) is 0.417. The monoisotopic (exact) mass is 488 g/mol. The molecule has 0 saturated carbocycles. The number of amides is 2. The van der Waals surface area contributed by atoms with Crippen LogP contribution in [0.4, 0.5) is 0 Å². The van der Waals surface area contributed by atoms with E-state index in [1.807, 2.05) is 31.4 Å². The molecule has 1 aliphatic rings. The summed E-state index contributed by atoms with van der Waals surface area (Å²) in [5, 5.41) is 6.03. The summed E-state index contributed by atoms with van der Waals surface area (Å²) in [6.07, 6.45) is 7.33. The number of aryl methyl sites for hydroxylation is 2. The maximum Gasteiger partial charge on any atom is 0.253 e. The summed E-state index contributed by atoms with van der Waals surface area (Å²) in [5.74, 6) is 0.404. The molecule has 2 N–H and O–H groups in total. The molecule has 2 aromatic carbocycles.